The molecule has 0 atom stereocenters. The van der Waals surface area contributed by atoms with Gasteiger partial charge in [-0.3, -0.25) is 0 Å². The third-order valence-electron chi connectivity index (χ3n) is 18.2. The molecule has 628 valence electrons. The zero-order valence-corrected chi connectivity index (χ0v) is 71.8. The largest absolute Gasteiger partial charge is 2.00 e. The molecule has 8 aromatic carbocycles. The second kappa shape index (κ2) is 42.7. The van der Waals surface area contributed by atoms with Gasteiger partial charge in [-0.2, -0.15) is 20.4 Å². The summed E-state index contributed by atoms with van der Waals surface area (Å²) in [4.78, 5) is 27.5. The standard InChI is InChI=1S/2C44H48N4O6.2C4H8O.Ni/c2*1-27(2)51-39-21-13-9-17-31(39)35-25-37(33-19-11-15-23-41(33)53-29(5)6)47(45-35)43(44(49)50)48-38(34-20-12-16-24-42(34)54-30(7)8)26-36(46-48)32-18-10-14-22-40(32)52-28(3)4;2*1-2-4-5-3-1;/h2*9-30,43H,1-8H3,(H,49,50);2*1-4H2;/q;;;;+2/p-2. The second-order valence-corrected chi connectivity index (χ2v) is 30.8. The van der Waals surface area contributed by atoms with Crippen LogP contribution in [0.2, 0.25) is 0 Å². The van der Waals surface area contributed by atoms with E-state index in [1.807, 2.05) is 329 Å². The van der Waals surface area contributed by atoms with Crippen LogP contribution in [0.3, 0.4) is 0 Å². The van der Waals surface area contributed by atoms with Gasteiger partial charge >= 0.3 is 16.5 Å². The van der Waals surface area contributed by atoms with Gasteiger partial charge in [0.25, 0.3) is 0 Å². The molecule has 0 saturated carbocycles. The number of nitrogens with zero attached hydrogens (tertiary/aromatic N) is 8. The van der Waals surface area contributed by atoms with E-state index >= 15 is 0 Å². The Morgan fingerprint density at radius 2 is 0.420 bits per heavy atom. The van der Waals surface area contributed by atoms with Crippen LogP contribution in [0.15, 0.2) is 218 Å². The molecule has 2 saturated heterocycles. The third-order valence-corrected chi connectivity index (χ3v) is 18.2. The van der Waals surface area contributed by atoms with E-state index in [1.54, 1.807) is 0 Å². The van der Waals surface area contributed by atoms with E-state index in [0.29, 0.717) is 136 Å². The summed E-state index contributed by atoms with van der Waals surface area (Å²) in [5.41, 5.74) is 9.29. The molecule has 12 aromatic rings. The smallest absolute Gasteiger partial charge is 0.546 e. The molecule has 0 radical (unpaired) electrons. The van der Waals surface area contributed by atoms with Crippen molar-refractivity contribution < 1.29 is 83.7 Å². The van der Waals surface area contributed by atoms with Crippen LogP contribution in [-0.2, 0) is 35.6 Å². The SMILES string of the molecule is C1CCOC1.C1CCOC1.CC(C)Oc1ccccc1-c1cc(-c2ccccc2OC(C)C)n(C(C(=O)[O-])n2nc(-c3ccccc3OC(C)C)cc2-c2ccccc2OC(C)C)n1.CC(C)Oc1ccccc1-c1cc(-c2ccccc2OC(C)C)n(C(C(=O)[O-])n2nc(-c3ccccc3OC(C)C)cc2-c2ccccc2OC(C)C)n1.[Ni+2]. The van der Waals surface area contributed by atoms with E-state index in [0.717, 1.165) is 26.4 Å². The van der Waals surface area contributed by atoms with Crippen LogP contribution in [0.25, 0.3) is 90.1 Å². The normalized spacial score (nSPS) is 12.5. The molecule has 14 rings (SSSR count). The minimum Gasteiger partial charge on any atom is -0.546 e. The zero-order chi connectivity index (χ0) is 84.1. The summed E-state index contributed by atoms with van der Waals surface area (Å²) >= 11 is 0. The number of rotatable bonds is 30. The summed E-state index contributed by atoms with van der Waals surface area (Å²) in [6.07, 6.45) is 0.939. The minimum atomic E-state index is -1.58. The second-order valence-electron chi connectivity index (χ2n) is 30.8. The van der Waals surface area contributed by atoms with Crippen LogP contribution < -0.4 is 48.1 Å². The molecule has 119 heavy (non-hydrogen) atoms. The molecular formula is C96H110N8NiO14. The van der Waals surface area contributed by atoms with Crippen LogP contribution in [-0.4, -0.2) is 126 Å². The molecule has 2 fully saturated rings. The predicted molar refractivity (Wildman–Crippen MR) is 457 cm³/mol. The Kier molecular flexibility index (Phi) is 32.2. The van der Waals surface area contributed by atoms with Crippen molar-refractivity contribution in [2.75, 3.05) is 26.4 Å². The van der Waals surface area contributed by atoms with Gasteiger partial charge in [-0.15, -0.1) is 0 Å². The minimum absolute atomic E-state index is 0. The molecule has 0 unspecified atom stereocenters. The first-order valence-corrected chi connectivity index (χ1v) is 40.9. The Balaban J connectivity index is 0.000000221. The number of hydrogen-bond acceptors (Lipinski definition) is 18. The number of carboxylic acids is 2. The molecule has 23 heteroatoms. The number of carbonyl (C=O) groups excluding carboxylic acids is 2. The average Bonchev–Trinajstić information content (AvgIpc) is 1.61. The summed E-state index contributed by atoms with van der Waals surface area (Å²) in [5, 5.41) is 47.7. The Labute approximate surface area is 709 Å². The topological polar surface area (TPSA) is 244 Å². The molecular weight excluding hydrogens is 1550 g/mol. The zero-order valence-electron chi connectivity index (χ0n) is 70.8. The molecule has 0 N–H and O–H groups in total. The molecule has 6 heterocycles. The van der Waals surface area contributed by atoms with Crippen LogP contribution in [0.1, 0.15) is 149 Å². The molecule has 4 aromatic heterocycles. The molecule has 0 amide bonds. The van der Waals surface area contributed by atoms with E-state index in [-0.39, 0.29) is 65.3 Å². The Hall–Kier alpha value is -11.6. The third kappa shape index (κ3) is 23.4. The van der Waals surface area contributed by atoms with E-state index in [9.17, 15) is 19.8 Å². The monoisotopic (exact) mass is 1660 g/mol. The van der Waals surface area contributed by atoms with Gasteiger partial charge in [0.15, 0.2) is 12.3 Å². The summed E-state index contributed by atoms with van der Waals surface area (Å²) in [7, 11) is 0. The summed E-state index contributed by atoms with van der Waals surface area (Å²) in [6, 6.07) is 67.7. The average molecular weight is 1660 g/mol. The van der Waals surface area contributed by atoms with Gasteiger partial charge in [0, 0.05) is 70.9 Å². The van der Waals surface area contributed by atoms with Gasteiger partial charge < -0.3 is 67.2 Å². The van der Waals surface area contributed by atoms with Gasteiger partial charge in [0.2, 0.25) is 0 Å². The first-order chi connectivity index (χ1) is 56.8. The van der Waals surface area contributed by atoms with Gasteiger partial charge in [0.05, 0.1) is 106 Å². The van der Waals surface area contributed by atoms with Crippen LogP contribution in [0.4, 0.5) is 0 Å². The fraction of sp³-hybridized carbons (Fsp3) is 0.354. The van der Waals surface area contributed by atoms with Crippen molar-refractivity contribution >= 4 is 11.9 Å². The van der Waals surface area contributed by atoms with Gasteiger partial charge in [-0.1, -0.05) is 97.1 Å². The molecule has 0 aliphatic carbocycles. The number of carbonyl (C=O) groups is 2. The Morgan fingerprint density at radius 1 is 0.269 bits per heavy atom. The summed E-state index contributed by atoms with van der Waals surface area (Å²) < 4.78 is 65.5. The number of ether oxygens (including phenoxy) is 10. The van der Waals surface area contributed by atoms with E-state index in [2.05, 4.69) is 0 Å². The van der Waals surface area contributed by atoms with Crippen molar-refractivity contribution in [3.63, 3.8) is 0 Å². The van der Waals surface area contributed by atoms with Crippen molar-refractivity contribution in [1.82, 2.24) is 39.1 Å². The number of hydrogen-bond donors (Lipinski definition) is 0. The van der Waals surface area contributed by atoms with Gasteiger partial charge in [-0.25, -0.2) is 18.7 Å². The Morgan fingerprint density at radius 3 is 0.563 bits per heavy atom. The van der Waals surface area contributed by atoms with Crippen molar-refractivity contribution in [1.29, 1.82) is 0 Å². The van der Waals surface area contributed by atoms with Crippen molar-refractivity contribution in [2.24, 2.45) is 0 Å². The van der Waals surface area contributed by atoms with Crippen LogP contribution in [0, 0.1) is 0 Å². The molecule has 2 aliphatic rings. The fourth-order valence-corrected chi connectivity index (χ4v) is 13.6. The van der Waals surface area contributed by atoms with E-state index < -0.39 is 24.3 Å². The molecule has 0 spiro atoms. The summed E-state index contributed by atoms with van der Waals surface area (Å²) in [6.45, 7) is 35.2. The number of carboxylic acid groups (broad SMARTS) is 2. The van der Waals surface area contributed by atoms with Crippen molar-refractivity contribution in [2.45, 2.75) is 198 Å². The summed E-state index contributed by atoms with van der Waals surface area (Å²) in [5.74, 6) is 1.89. The van der Waals surface area contributed by atoms with Crippen molar-refractivity contribution in [3.8, 4) is 136 Å². The number of benzene rings is 8. The first-order valence-electron chi connectivity index (χ1n) is 40.9. The quantitative estimate of drug-likeness (QED) is 0.0380. The fourth-order valence-electron chi connectivity index (χ4n) is 13.6. The molecule has 22 nitrogen and oxygen atoms in total. The predicted octanol–water partition coefficient (Wildman–Crippen LogP) is 19.0. The maximum atomic E-state index is 13.8. The van der Waals surface area contributed by atoms with E-state index in [4.69, 9.17) is 67.8 Å². The van der Waals surface area contributed by atoms with E-state index in [1.165, 1.54) is 44.4 Å². The number of aliphatic carboxylic acids is 2. The van der Waals surface area contributed by atoms with Crippen LogP contribution >= 0.6 is 0 Å². The molecule has 0 bridgehead atoms. The van der Waals surface area contributed by atoms with Gasteiger partial charge in [0.1, 0.15) is 46.0 Å². The number of para-hydroxylation sites is 8. The maximum absolute atomic E-state index is 13.8. The van der Waals surface area contributed by atoms with Gasteiger partial charge in [-0.05, 0) is 258 Å². The maximum Gasteiger partial charge on any atom is 2.00 e. The first kappa shape index (κ1) is 89.7. The van der Waals surface area contributed by atoms with Crippen molar-refractivity contribution in [3.05, 3.63) is 218 Å². The molecule has 2 aliphatic heterocycles. The van der Waals surface area contributed by atoms with Crippen LogP contribution in [0.5, 0.6) is 46.0 Å². The number of aromatic nitrogens is 8. The Bertz CT molecular complexity index is 4630.